The summed E-state index contributed by atoms with van der Waals surface area (Å²) < 4.78 is 5.04. The Kier molecular flexibility index (Phi) is 6.15. The van der Waals surface area contributed by atoms with Gasteiger partial charge in [0.2, 0.25) is 0 Å². The Hall–Kier alpha value is -1.75. The van der Waals surface area contributed by atoms with E-state index < -0.39 is 0 Å². The number of carbonyl (C=O) groups excluding carboxylic acids is 1. The monoisotopic (exact) mass is 265 g/mol. The van der Waals surface area contributed by atoms with Crippen molar-refractivity contribution >= 4 is 17.4 Å². The number of nitrogens with one attached hydrogen (secondary N) is 1. The van der Waals surface area contributed by atoms with E-state index in [4.69, 9.17) is 10.5 Å². The lowest BCUT2D eigenvalue weighted by Gasteiger charge is -2.28. The van der Waals surface area contributed by atoms with Gasteiger partial charge in [-0.15, -0.1) is 0 Å². The van der Waals surface area contributed by atoms with Crippen molar-refractivity contribution in [3.05, 3.63) is 24.3 Å². The molecular weight excluding hydrogens is 242 g/mol. The third-order valence-electron chi connectivity index (χ3n) is 3.06. The normalized spacial score (nSPS) is 11.9. The molecule has 106 valence electrons. The predicted octanol–water partition coefficient (Wildman–Crippen LogP) is 2.55. The Morgan fingerprint density at radius 1 is 1.53 bits per heavy atom. The predicted molar refractivity (Wildman–Crippen MR) is 78.2 cm³/mol. The number of rotatable bonds is 6. The third-order valence-corrected chi connectivity index (χ3v) is 3.06. The van der Waals surface area contributed by atoms with Crippen LogP contribution in [0.15, 0.2) is 24.3 Å². The number of anilines is 2. The first kappa shape index (κ1) is 15.3. The number of benzene rings is 1. The zero-order valence-corrected chi connectivity index (χ0v) is 11.8. The molecular formula is C14H23N3O2. The molecule has 0 aromatic heterocycles. The fourth-order valence-electron chi connectivity index (χ4n) is 1.74. The summed E-state index contributed by atoms with van der Waals surface area (Å²) in [5, 5.41) is 2.86. The summed E-state index contributed by atoms with van der Waals surface area (Å²) in [6, 6.07) is 7.19. The summed E-state index contributed by atoms with van der Waals surface area (Å²) in [5.74, 6) is 0. The number of nitrogens with two attached hydrogens (primary N) is 1. The topological polar surface area (TPSA) is 67.6 Å². The van der Waals surface area contributed by atoms with Crippen LogP contribution in [0.4, 0.5) is 16.2 Å². The maximum absolute atomic E-state index is 12.2. The number of nitrogens with zero attached hydrogens (tertiary/aromatic N) is 1. The Bertz CT molecular complexity index is 409. The minimum Gasteiger partial charge on any atom is -0.399 e. The molecule has 1 aromatic carbocycles. The van der Waals surface area contributed by atoms with Crippen molar-refractivity contribution in [2.24, 2.45) is 0 Å². The van der Waals surface area contributed by atoms with E-state index in [9.17, 15) is 4.79 Å². The molecule has 0 spiro atoms. The van der Waals surface area contributed by atoms with Gasteiger partial charge in [0, 0.05) is 31.1 Å². The molecule has 1 atom stereocenters. The number of hydrogen-bond acceptors (Lipinski definition) is 3. The highest BCUT2D eigenvalue weighted by molar-refractivity contribution is 5.90. The number of urea groups is 1. The molecule has 1 aromatic rings. The van der Waals surface area contributed by atoms with Crippen LogP contribution in [0.3, 0.4) is 0 Å². The Morgan fingerprint density at radius 2 is 2.26 bits per heavy atom. The van der Waals surface area contributed by atoms with E-state index in [-0.39, 0.29) is 12.1 Å². The van der Waals surface area contributed by atoms with Gasteiger partial charge in [-0.25, -0.2) is 4.79 Å². The van der Waals surface area contributed by atoms with Gasteiger partial charge in [0.1, 0.15) is 0 Å². The summed E-state index contributed by atoms with van der Waals surface area (Å²) in [7, 11) is 1.63. The Morgan fingerprint density at radius 3 is 2.84 bits per heavy atom. The van der Waals surface area contributed by atoms with E-state index in [2.05, 4.69) is 12.2 Å². The highest BCUT2D eigenvalue weighted by atomic mass is 16.5. The number of ether oxygens (including phenoxy) is 1. The Labute approximate surface area is 114 Å². The van der Waals surface area contributed by atoms with Crippen LogP contribution in [0.25, 0.3) is 0 Å². The lowest BCUT2D eigenvalue weighted by atomic mass is 10.2. The molecule has 2 amide bonds. The van der Waals surface area contributed by atoms with Gasteiger partial charge in [0.25, 0.3) is 0 Å². The molecule has 0 aliphatic rings. The van der Waals surface area contributed by atoms with Crippen molar-refractivity contribution in [1.82, 2.24) is 4.90 Å². The quantitative estimate of drug-likeness (QED) is 0.777. The summed E-state index contributed by atoms with van der Waals surface area (Å²) in [4.78, 5) is 14.0. The first-order chi connectivity index (χ1) is 9.08. The van der Waals surface area contributed by atoms with Crippen molar-refractivity contribution < 1.29 is 9.53 Å². The molecule has 1 rings (SSSR count). The van der Waals surface area contributed by atoms with Gasteiger partial charge in [-0.3, -0.25) is 0 Å². The van der Waals surface area contributed by atoms with Crippen molar-refractivity contribution in [3.63, 3.8) is 0 Å². The van der Waals surface area contributed by atoms with Gasteiger partial charge < -0.3 is 20.7 Å². The van der Waals surface area contributed by atoms with Crippen molar-refractivity contribution in [2.75, 3.05) is 31.3 Å². The molecule has 0 aliphatic heterocycles. The highest BCUT2D eigenvalue weighted by Gasteiger charge is 2.18. The van der Waals surface area contributed by atoms with E-state index in [0.29, 0.717) is 24.5 Å². The molecule has 0 fully saturated rings. The van der Waals surface area contributed by atoms with E-state index in [0.717, 1.165) is 6.42 Å². The van der Waals surface area contributed by atoms with Crippen LogP contribution < -0.4 is 11.1 Å². The number of amides is 2. The van der Waals surface area contributed by atoms with Crippen LogP contribution >= 0.6 is 0 Å². The molecule has 0 aliphatic carbocycles. The van der Waals surface area contributed by atoms with Crippen molar-refractivity contribution in [3.8, 4) is 0 Å². The molecule has 1 unspecified atom stereocenters. The molecule has 0 saturated heterocycles. The summed E-state index contributed by atoms with van der Waals surface area (Å²) >= 11 is 0. The van der Waals surface area contributed by atoms with Crippen LogP contribution in [0, 0.1) is 0 Å². The zero-order valence-electron chi connectivity index (χ0n) is 11.8. The van der Waals surface area contributed by atoms with Crippen molar-refractivity contribution in [2.45, 2.75) is 26.3 Å². The van der Waals surface area contributed by atoms with Crippen LogP contribution in [-0.4, -0.2) is 37.2 Å². The first-order valence-corrected chi connectivity index (χ1v) is 6.50. The molecule has 5 nitrogen and oxygen atoms in total. The average Bonchev–Trinajstić information content (AvgIpc) is 2.38. The molecule has 3 N–H and O–H groups in total. The molecule has 0 heterocycles. The smallest absolute Gasteiger partial charge is 0.322 e. The standard InChI is InChI=1S/C14H23N3O2/c1-4-11(2)17(8-9-19-3)14(18)16-13-7-5-6-12(15)10-13/h5-7,10-11H,4,8-9,15H2,1-3H3,(H,16,18). The fourth-order valence-corrected chi connectivity index (χ4v) is 1.74. The molecule has 0 radical (unpaired) electrons. The second-order valence-corrected chi connectivity index (χ2v) is 4.50. The molecule has 0 bridgehead atoms. The van der Waals surface area contributed by atoms with Gasteiger partial charge in [-0.05, 0) is 31.5 Å². The number of hydrogen-bond donors (Lipinski definition) is 2. The van der Waals surface area contributed by atoms with Gasteiger partial charge in [-0.2, -0.15) is 0 Å². The molecule has 19 heavy (non-hydrogen) atoms. The maximum Gasteiger partial charge on any atom is 0.322 e. The van der Waals surface area contributed by atoms with E-state index >= 15 is 0 Å². The molecule has 0 saturated carbocycles. The highest BCUT2D eigenvalue weighted by Crippen LogP contribution is 2.14. The van der Waals surface area contributed by atoms with Crippen LogP contribution in [0.2, 0.25) is 0 Å². The minimum atomic E-state index is -0.128. The first-order valence-electron chi connectivity index (χ1n) is 6.50. The van der Waals surface area contributed by atoms with Gasteiger partial charge >= 0.3 is 6.03 Å². The fraction of sp³-hybridized carbons (Fsp3) is 0.500. The second-order valence-electron chi connectivity index (χ2n) is 4.50. The number of carbonyl (C=O) groups is 1. The second kappa shape index (κ2) is 7.63. The van der Waals surface area contributed by atoms with Gasteiger partial charge in [-0.1, -0.05) is 13.0 Å². The minimum absolute atomic E-state index is 0.128. The van der Waals surface area contributed by atoms with Crippen molar-refractivity contribution in [1.29, 1.82) is 0 Å². The lowest BCUT2D eigenvalue weighted by molar-refractivity contribution is 0.138. The number of nitrogen functional groups attached to an aromatic ring is 1. The van der Waals surface area contributed by atoms with Crippen LogP contribution in [-0.2, 0) is 4.74 Å². The van der Waals surface area contributed by atoms with Crippen LogP contribution in [0.5, 0.6) is 0 Å². The van der Waals surface area contributed by atoms with Crippen LogP contribution in [0.1, 0.15) is 20.3 Å². The summed E-state index contributed by atoms with van der Waals surface area (Å²) in [5.41, 5.74) is 7.03. The van der Waals surface area contributed by atoms with E-state index in [1.807, 2.05) is 19.1 Å². The SMILES string of the molecule is CCC(C)N(CCOC)C(=O)Nc1cccc(N)c1. The summed E-state index contributed by atoms with van der Waals surface area (Å²) in [6.07, 6.45) is 0.897. The van der Waals surface area contributed by atoms with E-state index in [1.54, 1.807) is 24.1 Å². The van der Waals surface area contributed by atoms with Gasteiger partial charge in [0.15, 0.2) is 0 Å². The summed E-state index contributed by atoms with van der Waals surface area (Å²) in [6.45, 7) is 5.17. The molecule has 5 heteroatoms. The largest absolute Gasteiger partial charge is 0.399 e. The van der Waals surface area contributed by atoms with Gasteiger partial charge in [0.05, 0.1) is 6.61 Å². The maximum atomic E-state index is 12.2. The van der Waals surface area contributed by atoms with E-state index in [1.165, 1.54) is 0 Å². The Balaban J connectivity index is 2.70. The zero-order chi connectivity index (χ0) is 14.3. The lowest BCUT2D eigenvalue weighted by Crippen LogP contribution is -2.43. The average molecular weight is 265 g/mol. The third kappa shape index (κ3) is 4.79. The number of methoxy groups -OCH3 is 1.